The van der Waals surface area contributed by atoms with Crippen molar-refractivity contribution in [1.29, 1.82) is 0 Å². The van der Waals surface area contributed by atoms with Crippen molar-refractivity contribution in [2.24, 2.45) is 0 Å². The Morgan fingerprint density at radius 3 is 2.88 bits per heavy atom. The Labute approximate surface area is 200 Å². The molecule has 3 aromatic rings. The first-order chi connectivity index (χ1) is 16.2. The van der Waals surface area contributed by atoms with Gasteiger partial charge < -0.3 is 24.3 Å². The molecule has 33 heavy (non-hydrogen) atoms. The molecule has 0 unspecified atom stereocenters. The van der Waals surface area contributed by atoms with E-state index in [-0.39, 0.29) is 12.2 Å². The lowest BCUT2D eigenvalue weighted by molar-refractivity contribution is -0.104. The van der Waals surface area contributed by atoms with E-state index < -0.39 is 0 Å². The average Bonchev–Trinajstić information content (AvgIpc) is 3.44. The minimum Gasteiger partial charge on any atom is -0.441 e. The molecule has 11 heteroatoms. The normalized spacial score (nSPS) is 19.5. The molecule has 9 nitrogen and oxygen atoms in total. The zero-order chi connectivity index (χ0) is 22.4. The van der Waals surface area contributed by atoms with Gasteiger partial charge in [0.05, 0.1) is 24.6 Å². The van der Waals surface area contributed by atoms with Crippen LogP contribution in [0.5, 0.6) is 0 Å². The minimum absolute atomic E-state index is 0.0889. The lowest BCUT2D eigenvalue weighted by atomic mass is 10.2. The number of thiazole rings is 1. The third-order valence-corrected chi connectivity index (χ3v) is 8.39. The summed E-state index contributed by atoms with van der Waals surface area (Å²) in [7, 11) is 0. The van der Waals surface area contributed by atoms with Crippen molar-refractivity contribution in [3.8, 4) is 10.7 Å². The molecule has 0 saturated carbocycles. The molecule has 6 heterocycles. The van der Waals surface area contributed by atoms with Gasteiger partial charge in [-0.2, -0.15) is 0 Å². The van der Waals surface area contributed by atoms with Crippen molar-refractivity contribution in [3.05, 3.63) is 28.9 Å². The van der Waals surface area contributed by atoms with E-state index in [4.69, 9.17) is 14.5 Å². The maximum Gasteiger partial charge on any atom is 0.410 e. The Morgan fingerprint density at radius 2 is 2.12 bits per heavy atom. The van der Waals surface area contributed by atoms with E-state index in [1.54, 1.807) is 28.2 Å². The SMILES string of the molecule is CSN1CCc2nc(-c3cc4c(N5CCN(C(=O)OC6COC6)CC5)ccnc4[nH]3)sc2C1. The summed E-state index contributed by atoms with van der Waals surface area (Å²) in [6.45, 7) is 5.81. The van der Waals surface area contributed by atoms with Gasteiger partial charge in [0.15, 0.2) is 6.10 Å². The summed E-state index contributed by atoms with van der Waals surface area (Å²) in [4.78, 5) is 30.8. The van der Waals surface area contributed by atoms with Gasteiger partial charge in [0.1, 0.15) is 10.7 Å². The second kappa shape index (κ2) is 8.79. The number of aromatic nitrogens is 3. The molecule has 0 aromatic carbocycles. The largest absolute Gasteiger partial charge is 0.441 e. The number of piperazine rings is 1. The van der Waals surface area contributed by atoms with Crippen LogP contribution < -0.4 is 4.90 Å². The first kappa shape index (κ1) is 21.2. The zero-order valence-electron chi connectivity index (χ0n) is 18.5. The van der Waals surface area contributed by atoms with Crippen LogP contribution in [0.4, 0.5) is 10.5 Å². The predicted octanol–water partition coefficient (Wildman–Crippen LogP) is 2.98. The highest BCUT2D eigenvalue weighted by Crippen LogP contribution is 2.36. The molecule has 2 fully saturated rings. The molecule has 1 amide bonds. The summed E-state index contributed by atoms with van der Waals surface area (Å²) in [5, 5.41) is 2.12. The van der Waals surface area contributed by atoms with E-state index in [2.05, 4.69) is 37.6 Å². The first-order valence-electron chi connectivity index (χ1n) is 11.2. The molecule has 2 saturated heterocycles. The van der Waals surface area contributed by atoms with E-state index in [1.165, 1.54) is 10.6 Å². The van der Waals surface area contributed by atoms with Crippen molar-refractivity contribution >= 4 is 46.1 Å². The molecule has 3 aliphatic rings. The molecule has 1 N–H and O–H groups in total. The van der Waals surface area contributed by atoms with E-state index in [0.717, 1.165) is 60.0 Å². The number of nitrogens with one attached hydrogen (secondary N) is 1. The smallest absolute Gasteiger partial charge is 0.410 e. The van der Waals surface area contributed by atoms with Gasteiger partial charge in [-0.1, -0.05) is 11.9 Å². The fourth-order valence-electron chi connectivity index (χ4n) is 4.48. The number of carbonyl (C=O) groups is 1. The second-order valence-electron chi connectivity index (χ2n) is 8.48. The van der Waals surface area contributed by atoms with Crippen LogP contribution in [-0.4, -0.2) is 88.5 Å². The number of fused-ring (bicyclic) bond motifs is 2. The van der Waals surface area contributed by atoms with Crippen LogP contribution in [0.15, 0.2) is 18.3 Å². The molecule has 174 valence electrons. The number of hydrogen-bond donors (Lipinski definition) is 1. The number of pyridine rings is 1. The van der Waals surface area contributed by atoms with Gasteiger partial charge in [0.25, 0.3) is 0 Å². The van der Waals surface area contributed by atoms with Gasteiger partial charge in [-0.25, -0.2) is 19.1 Å². The first-order valence-corrected chi connectivity index (χ1v) is 13.2. The van der Waals surface area contributed by atoms with E-state index >= 15 is 0 Å². The molecule has 0 bridgehead atoms. The second-order valence-corrected chi connectivity index (χ2v) is 10.4. The monoisotopic (exact) mass is 486 g/mol. The average molecular weight is 487 g/mol. The summed E-state index contributed by atoms with van der Waals surface area (Å²) >= 11 is 3.57. The summed E-state index contributed by atoms with van der Waals surface area (Å²) in [6.07, 6.45) is 4.65. The lowest BCUT2D eigenvalue weighted by Gasteiger charge is -2.37. The van der Waals surface area contributed by atoms with Crippen LogP contribution in [0.25, 0.3) is 21.7 Å². The molecule has 3 aliphatic heterocycles. The Morgan fingerprint density at radius 1 is 1.27 bits per heavy atom. The number of nitrogens with zero attached hydrogens (tertiary/aromatic N) is 5. The van der Waals surface area contributed by atoms with Gasteiger partial charge in [0, 0.05) is 67.8 Å². The zero-order valence-corrected chi connectivity index (χ0v) is 20.1. The van der Waals surface area contributed by atoms with Crippen molar-refractivity contribution in [2.75, 3.05) is 57.1 Å². The summed E-state index contributed by atoms with van der Waals surface area (Å²) in [6, 6.07) is 4.23. The highest BCUT2D eigenvalue weighted by molar-refractivity contribution is 7.96. The number of ether oxygens (including phenoxy) is 2. The fraction of sp³-hybridized carbons (Fsp3) is 0.500. The van der Waals surface area contributed by atoms with Crippen LogP contribution in [0, 0.1) is 0 Å². The lowest BCUT2D eigenvalue weighted by Crippen LogP contribution is -2.51. The van der Waals surface area contributed by atoms with Crippen LogP contribution >= 0.6 is 23.3 Å². The molecule has 0 atom stereocenters. The van der Waals surface area contributed by atoms with Crippen LogP contribution in [0.1, 0.15) is 10.6 Å². The van der Waals surface area contributed by atoms with Gasteiger partial charge >= 0.3 is 6.09 Å². The number of H-pyrrole nitrogens is 1. The van der Waals surface area contributed by atoms with Crippen molar-refractivity contribution in [1.82, 2.24) is 24.2 Å². The van der Waals surface area contributed by atoms with E-state index in [1.807, 2.05) is 6.20 Å². The number of carbonyl (C=O) groups excluding carboxylic acids is 1. The van der Waals surface area contributed by atoms with Gasteiger partial charge in [-0.3, -0.25) is 0 Å². The number of amides is 1. The Bertz CT molecular complexity index is 1170. The number of aromatic amines is 1. The number of anilines is 1. The molecule has 3 aromatic heterocycles. The molecule has 6 rings (SSSR count). The van der Waals surface area contributed by atoms with Crippen molar-refractivity contribution in [3.63, 3.8) is 0 Å². The van der Waals surface area contributed by atoms with Gasteiger partial charge in [-0.05, 0) is 18.4 Å². The highest BCUT2D eigenvalue weighted by atomic mass is 32.2. The van der Waals surface area contributed by atoms with E-state index in [9.17, 15) is 4.79 Å². The van der Waals surface area contributed by atoms with Gasteiger partial charge in [-0.15, -0.1) is 11.3 Å². The quantitative estimate of drug-likeness (QED) is 0.564. The molecule has 0 radical (unpaired) electrons. The summed E-state index contributed by atoms with van der Waals surface area (Å²) in [5.41, 5.74) is 4.25. The van der Waals surface area contributed by atoms with Crippen LogP contribution in [0.3, 0.4) is 0 Å². The molecular weight excluding hydrogens is 460 g/mol. The topological polar surface area (TPSA) is 86.8 Å². The summed E-state index contributed by atoms with van der Waals surface area (Å²) in [5.74, 6) is 0. The Kier molecular flexibility index (Phi) is 5.65. The van der Waals surface area contributed by atoms with Crippen molar-refractivity contribution in [2.45, 2.75) is 19.1 Å². The third kappa shape index (κ3) is 4.07. The Balaban J connectivity index is 1.19. The Hall–Kier alpha value is -2.34. The highest BCUT2D eigenvalue weighted by Gasteiger charge is 2.29. The molecule has 0 aliphatic carbocycles. The maximum atomic E-state index is 12.3. The minimum atomic E-state index is -0.237. The molecular formula is C22H26N6O3S2. The van der Waals surface area contributed by atoms with Crippen molar-refractivity contribution < 1.29 is 14.3 Å². The van der Waals surface area contributed by atoms with Crippen LogP contribution in [0.2, 0.25) is 0 Å². The predicted molar refractivity (Wildman–Crippen MR) is 130 cm³/mol. The standard InChI is InChI=1S/C22H26N6O3S2/c1-32-28-5-3-16-19(11-28)33-21(25-16)17-10-15-18(2-4-23-20(15)24-17)26-6-8-27(9-7-26)22(29)31-14-12-30-13-14/h2,4,10,14H,3,5-9,11-13H2,1H3,(H,23,24). The fourth-order valence-corrected chi connectivity index (χ4v) is 6.18. The summed E-state index contributed by atoms with van der Waals surface area (Å²) < 4.78 is 12.9. The van der Waals surface area contributed by atoms with E-state index in [0.29, 0.717) is 26.3 Å². The van der Waals surface area contributed by atoms with Gasteiger partial charge in [0.2, 0.25) is 0 Å². The number of hydrogen-bond acceptors (Lipinski definition) is 9. The molecule has 0 spiro atoms. The third-order valence-electron chi connectivity index (χ3n) is 6.45. The van der Waals surface area contributed by atoms with Crippen LogP contribution in [-0.2, 0) is 22.4 Å². The maximum absolute atomic E-state index is 12.3. The number of rotatable bonds is 4.